The van der Waals surface area contributed by atoms with Gasteiger partial charge in [0.2, 0.25) is 0 Å². The molecule has 0 saturated carbocycles. The summed E-state index contributed by atoms with van der Waals surface area (Å²) in [6.45, 7) is 11.9. The fourth-order valence-electron chi connectivity index (χ4n) is 2.18. The summed E-state index contributed by atoms with van der Waals surface area (Å²) in [5, 5.41) is 3.47. The summed E-state index contributed by atoms with van der Waals surface area (Å²) in [6.07, 6.45) is 1.08. The third kappa shape index (κ3) is 3.47. The van der Waals surface area contributed by atoms with Crippen molar-refractivity contribution in [2.75, 3.05) is 13.7 Å². The molecule has 1 aromatic carbocycles. The van der Waals surface area contributed by atoms with Crippen molar-refractivity contribution >= 4 is 0 Å². The van der Waals surface area contributed by atoms with E-state index in [1.807, 2.05) is 0 Å². The van der Waals surface area contributed by atoms with Gasteiger partial charge in [0.1, 0.15) is 5.75 Å². The summed E-state index contributed by atoms with van der Waals surface area (Å²) in [4.78, 5) is 0. The molecule has 1 N–H and O–H groups in total. The SMILES string of the molecule is COc1cc(C)c(CCNC(C)C)c(C)c1C. The van der Waals surface area contributed by atoms with Gasteiger partial charge in [-0.25, -0.2) is 0 Å². The molecule has 0 aliphatic carbocycles. The first kappa shape index (κ1) is 14.0. The topological polar surface area (TPSA) is 21.3 Å². The van der Waals surface area contributed by atoms with Gasteiger partial charge in [-0.1, -0.05) is 13.8 Å². The molecular formula is C15H25NO. The molecule has 0 bridgehead atoms. The molecule has 0 radical (unpaired) electrons. The maximum absolute atomic E-state index is 5.39. The first-order valence-corrected chi connectivity index (χ1v) is 6.34. The molecular weight excluding hydrogens is 210 g/mol. The van der Waals surface area contributed by atoms with Crippen LogP contribution in [0.15, 0.2) is 6.07 Å². The fraction of sp³-hybridized carbons (Fsp3) is 0.600. The van der Waals surface area contributed by atoms with Crippen LogP contribution in [0.25, 0.3) is 0 Å². The van der Waals surface area contributed by atoms with Gasteiger partial charge < -0.3 is 10.1 Å². The minimum atomic E-state index is 0.551. The zero-order chi connectivity index (χ0) is 13.0. The van der Waals surface area contributed by atoms with E-state index in [2.05, 4.69) is 46.0 Å². The Bertz CT molecular complexity index is 383. The quantitative estimate of drug-likeness (QED) is 0.846. The molecule has 0 aliphatic heterocycles. The Morgan fingerprint density at radius 1 is 1.18 bits per heavy atom. The Labute approximate surface area is 105 Å². The van der Waals surface area contributed by atoms with Crippen molar-refractivity contribution in [3.63, 3.8) is 0 Å². The van der Waals surface area contributed by atoms with E-state index in [1.165, 1.54) is 22.3 Å². The predicted octanol–water partition coefficient (Wildman–Crippen LogP) is 3.16. The minimum Gasteiger partial charge on any atom is -0.496 e. The number of hydrogen-bond acceptors (Lipinski definition) is 2. The number of methoxy groups -OCH3 is 1. The summed E-state index contributed by atoms with van der Waals surface area (Å²) >= 11 is 0. The van der Waals surface area contributed by atoms with Crippen LogP contribution in [-0.4, -0.2) is 19.7 Å². The summed E-state index contributed by atoms with van der Waals surface area (Å²) in [5.74, 6) is 1.00. The van der Waals surface area contributed by atoms with E-state index in [4.69, 9.17) is 4.74 Å². The summed E-state index contributed by atoms with van der Waals surface area (Å²) in [6, 6.07) is 2.70. The molecule has 2 nitrogen and oxygen atoms in total. The second-order valence-electron chi connectivity index (χ2n) is 4.98. The van der Waals surface area contributed by atoms with Crippen molar-refractivity contribution in [2.24, 2.45) is 0 Å². The Morgan fingerprint density at radius 3 is 2.35 bits per heavy atom. The number of hydrogen-bond donors (Lipinski definition) is 1. The molecule has 0 spiro atoms. The molecule has 0 aliphatic rings. The van der Waals surface area contributed by atoms with Gasteiger partial charge in [0.15, 0.2) is 0 Å². The van der Waals surface area contributed by atoms with E-state index < -0.39 is 0 Å². The van der Waals surface area contributed by atoms with Crippen molar-refractivity contribution in [3.8, 4) is 5.75 Å². The molecule has 0 fully saturated rings. The zero-order valence-corrected chi connectivity index (χ0v) is 12.0. The molecule has 1 aromatic rings. The molecule has 0 saturated heterocycles. The van der Waals surface area contributed by atoms with Crippen molar-refractivity contribution in [3.05, 3.63) is 28.3 Å². The number of aryl methyl sites for hydroxylation is 1. The van der Waals surface area contributed by atoms with Gasteiger partial charge in [0.25, 0.3) is 0 Å². The van der Waals surface area contributed by atoms with Gasteiger partial charge in [0, 0.05) is 6.04 Å². The molecule has 0 unspecified atom stereocenters. The molecule has 2 heteroatoms. The van der Waals surface area contributed by atoms with Crippen molar-refractivity contribution in [2.45, 2.75) is 47.1 Å². The van der Waals surface area contributed by atoms with Gasteiger partial charge in [0.05, 0.1) is 7.11 Å². The smallest absolute Gasteiger partial charge is 0.122 e. The number of ether oxygens (including phenoxy) is 1. The maximum Gasteiger partial charge on any atom is 0.122 e. The minimum absolute atomic E-state index is 0.551. The highest BCUT2D eigenvalue weighted by Crippen LogP contribution is 2.27. The van der Waals surface area contributed by atoms with Crippen LogP contribution in [0.5, 0.6) is 5.75 Å². The number of nitrogens with one attached hydrogen (secondary N) is 1. The molecule has 0 amide bonds. The van der Waals surface area contributed by atoms with Crippen LogP contribution in [0.3, 0.4) is 0 Å². The highest BCUT2D eigenvalue weighted by Gasteiger charge is 2.10. The maximum atomic E-state index is 5.39. The van der Waals surface area contributed by atoms with Gasteiger partial charge in [-0.15, -0.1) is 0 Å². The first-order chi connectivity index (χ1) is 7.97. The van der Waals surface area contributed by atoms with Crippen LogP contribution >= 0.6 is 0 Å². The number of benzene rings is 1. The van der Waals surface area contributed by atoms with E-state index in [-0.39, 0.29) is 0 Å². The van der Waals surface area contributed by atoms with Crippen molar-refractivity contribution < 1.29 is 4.74 Å². The largest absolute Gasteiger partial charge is 0.496 e. The Morgan fingerprint density at radius 2 is 1.82 bits per heavy atom. The Balaban J connectivity index is 2.89. The molecule has 0 atom stereocenters. The Hall–Kier alpha value is -1.02. The van der Waals surface area contributed by atoms with Crippen LogP contribution in [0.2, 0.25) is 0 Å². The van der Waals surface area contributed by atoms with Crippen LogP contribution < -0.4 is 10.1 Å². The molecule has 17 heavy (non-hydrogen) atoms. The summed E-state index contributed by atoms with van der Waals surface area (Å²) in [5.41, 5.74) is 5.41. The van der Waals surface area contributed by atoms with Gasteiger partial charge in [-0.3, -0.25) is 0 Å². The lowest BCUT2D eigenvalue weighted by Crippen LogP contribution is -2.25. The van der Waals surface area contributed by atoms with Crippen LogP contribution in [0.1, 0.15) is 36.1 Å². The van der Waals surface area contributed by atoms with Crippen LogP contribution in [0.4, 0.5) is 0 Å². The van der Waals surface area contributed by atoms with E-state index in [0.717, 1.165) is 18.7 Å². The fourth-order valence-corrected chi connectivity index (χ4v) is 2.18. The van der Waals surface area contributed by atoms with Crippen molar-refractivity contribution in [1.29, 1.82) is 0 Å². The lowest BCUT2D eigenvalue weighted by atomic mass is 9.95. The summed E-state index contributed by atoms with van der Waals surface area (Å²) in [7, 11) is 1.74. The van der Waals surface area contributed by atoms with E-state index in [9.17, 15) is 0 Å². The van der Waals surface area contributed by atoms with Crippen LogP contribution in [-0.2, 0) is 6.42 Å². The zero-order valence-electron chi connectivity index (χ0n) is 12.0. The predicted molar refractivity (Wildman–Crippen MR) is 74.0 cm³/mol. The lowest BCUT2D eigenvalue weighted by Gasteiger charge is -2.17. The first-order valence-electron chi connectivity index (χ1n) is 6.34. The average Bonchev–Trinajstić information content (AvgIpc) is 2.27. The Kier molecular flexibility index (Phi) is 5.01. The average molecular weight is 235 g/mol. The van der Waals surface area contributed by atoms with Gasteiger partial charge >= 0.3 is 0 Å². The highest BCUT2D eigenvalue weighted by atomic mass is 16.5. The molecule has 1 rings (SSSR count). The molecule has 96 valence electrons. The van der Waals surface area contributed by atoms with Gasteiger partial charge in [-0.2, -0.15) is 0 Å². The highest BCUT2D eigenvalue weighted by molar-refractivity contribution is 5.48. The van der Waals surface area contributed by atoms with E-state index >= 15 is 0 Å². The second kappa shape index (κ2) is 6.06. The number of rotatable bonds is 5. The third-order valence-electron chi connectivity index (χ3n) is 3.36. The van der Waals surface area contributed by atoms with Gasteiger partial charge in [-0.05, 0) is 62.1 Å². The molecule has 0 aromatic heterocycles. The second-order valence-corrected chi connectivity index (χ2v) is 4.98. The molecule has 0 heterocycles. The summed E-state index contributed by atoms with van der Waals surface area (Å²) < 4.78 is 5.39. The van der Waals surface area contributed by atoms with E-state index in [0.29, 0.717) is 6.04 Å². The monoisotopic (exact) mass is 235 g/mol. The normalized spacial score (nSPS) is 11.0. The van der Waals surface area contributed by atoms with Crippen molar-refractivity contribution in [1.82, 2.24) is 5.32 Å². The lowest BCUT2D eigenvalue weighted by molar-refractivity contribution is 0.410. The standard InChI is InChI=1S/C15H25NO/c1-10(2)16-8-7-14-11(3)9-15(17-6)13(5)12(14)4/h9-10,16H,7-8H2,1-6H3. The van der Waals surface area contributed by atoms with E-state index in [1.54, 1.807) is 7.11 Å². The third-order valence-corrected chi connectivity index (χ3v) is 3.36. The van der Waals surface area contributed by atoms with Crippen LogP contribution in [0, 0.1) is 20.8 Å².